The van der Waals surface area contributed by atoms with Gasteiger partial charge in [-0.15, -0.1) is 23.7 Å². The number of thiazole rings is 1. The van der Waals surface area contributed by atoms with Gasteiger partial charge in [0.2, 0.25) is 5.91 Å². The van der Waals surface area contributed by atoms with E-state index in [2.05, 4.69) is 15.6 Å². The number of anilines is 1. The summed E-state index contributed by atoms with van der Waals surface area (Å²) in [6, 6.07) is 6.30. The Morgan fingerprint density at radius 1 is 1.48 bits per heavy atom. The average Bonchev–Trinajstić information content (AvgIpc) is 2.97. The monoisotopic (exact) mass is 357 g/mol. The number of halogens is 2. The van der Waals surface area contributed by atoms with Crippen LogP contribution < -0.4 is 10.6 Å². The van der Waals surface area contributed by atoms with Crippen LogP contribution in [0.1, 0.15) is 10.4 Å². The van der Waals surface area contributed by atoms with Crippen LogP contribution >= 0.6 is 23.7 Å². The molecule has 1 aromatic heterocycles. The smallest absolute Gasteiger partial charge is 0.245 e. The Hall–Kier alpha value is -1.54. The molecule has 5 nitrogen and oxygen atoms in total. The number of ether oxygens (including phenoxy) is 1. The van der Waals surface area contributed by atoms with Crippen molar-refractivity contribution < 1.29 is 13.9 Å². The van der Waals surface area contributed by atoms with E-state index in [1.165, 1.54) is 17.4 Å². The maximum absolute atomic E-state index is 13.6. The Balaban J connectivity index is 0.00000192. The van der Waals surface area contributed by atoms with E-state index in [4.69, 9.17) is 4.74 Å². The first-order valence-corrected chi connectivity index (χ1v) is 7.84. The fraction of sp³-hybridized carbons (Fsp3) is 0.333. The zero-order valence-corrected chi connectivity index (χ0v) is 13.9. The third-order valence-electron chi connectivity index (χ3n) is 3.34. The van der Waals surface area contributed by atoms with E-state index in [0.717, 1.165) is 4.88 Å². The molecule has 1 fully saturated rings. The Morgan fingerprint density at radius 3 is 3.04 bits per heavy atom. The topological polar surface area (TPSA) is 63.2 Å². The van der Waals surface area contributed by atoms with Crippen molar-refractivity contribution in [3.05, 3.63) is 46.7 Å². The minimum atomic E-state index is -0.354. The lowest BCUT2D eigenvalue weighted by Gasteiger charge is -2.22. The zero-order valence-electron chi connectivity index (χ0n) is 12.3. The van der Waals surface area contributed by atoms with E-state index in [0.29, 0.717) is 36.9 Å². The summed E-state index contributed by atoms with van der Waals surface area (Å²) in [4.78, 5) is 17.1. The molecule has 1 unspecified atom stereocenters. The molecule has 0 bridgehead atoms. The van der Waals surface area contributed by atoms with Gasteiger partial charge in [0.1, 0.15) is 11.9 Å². The molecule has 1 aliphatic rings. The standard InChI is InChI=1S/C15H16FN3O2S.ClH/c16-12-4-2-1-3-10(12)7-11-8-18-15(22-11)19-14(20)13-9-21-6-5-17-13;/h1-4,8,13,17H,5-7,9H2,(H,18,19,20);1H. The van der Waals surface area contributed by atoms with Crippen LogP contribution in [0.2, 0.25) is 0 Å². The molecule has 23 heavy (non-hydrogen) atoms. The van der Waals surface area contributed by atoms with Gasteiger partial charge >= 0.3 is 0 Å². The lowest BCUT2D eigenvalue weighted by Crippen LogP contribution is -2.48. The molecule has 2 N–H and O–H groups in total. The highest BCUT2D eigenvalue weighted by Gasteiger charge is 2.22. The summed E-state index contributed by atoms with van der Waals surface area (Å²) >= 11 is 1.35. The van der Waals surface area contributed by atoms with Crippen molar-refractivity contribution in [1.82, 2.24) is 10.3 Å². The number of carbonyl (C=O) groups is 1. The summed E-state index contributed by atoms with van der Waals surface area (Å²) in [6.07, 6.45) is 2.13. The van der Waals surface area contributed by atoms with E-state index < -0.39 is 0 Å². The van der Waals surface area contributed by atoms with Gasteiger partial charge in [0.05, 0.1) is 13.2 Å². The molecule has 8 heteroatoms. The fourth-order valence-corrected chi connectivity index (χ4v) is 3.04. The van der Waals surface area contributed by atoms with Crippen molar-refractivity contribution in [2.75, 3.05) is 25.1 Å². The second-order valence-electron chi connectivity index (χ2n) is 4.97. The molecule has 1 atom stereocenters. The Bertz CT molecular complexity index is 662. The molecule has 1 aromatic carbocycles. The highest BCUT2D eigenvalue weighted by Crippen LogP contribution is 2.22. The second-order valence-corrected chi connectivity index (χ2v) is 6.09. The fourth-order valence-electron chi connectivity index (χ4n) is 2.20. The number of rotatable bonds is 4. The summed E-state index contributed by atoms with van der Waals surface area (Å²) in [6.45, 7) is 1.64. The van der Waals surface area contributed by atoms with Crippen LogP contribution in [0, 0.1) is 5.82 Å². The van der Waals surface area contributed by atoms with Gasteiger partial charge in [-0.05, 0) is 11.6 Å². The number of hydrogen-bond donors (Lipinski definition) is 2. The lowest BCUT2D eigenvalue weighted by molar-refractivity contribution is -0.120. The van der Waals surface area contributed by atoms with Gasteiger partial charge in [-0.3, -0.25) is 4.79 Å². The van der Waals surface area contributed by atoms with Crippen LogP contribution in [0.3, 0.4) is 0 Å². The van der Waals surface area contributed by atoms with Gasteiger partial charge in [-0.1, -0.05) is 18.2 Å². The Labute approximate surface area is 143 Å². The second kappa shape index (κ2) is 8.35. The average molecular weight is 358 g/mol. The van der Waals surface area contributed by atoms with Crippen LogP contribution in [0.25, 0.3) is 0 Å². The van der Waals surface area contributed by atoms with Gasteiger partial charge in [0.25, 0.3) is 0 Å². The number of carbonyl (C=O) groups excluding carboxylic acids is 1. The molecule has 1 saturated heterocycles. The predicted octanol–water partition coefficient (Wildman–Crippen LogP) is 2.22. The van der Waals surface area contributed by atoms with Gasteiger partial charge < -0.3 is 15.4 Å². The third kappa shape index (κ3) is 4.71. The number of morpholine rings is 1. The first kappa shape index (κ1) is 17.8. The third-order valence-corrected chi connectivity index (χ3v) is 4.26. The molecule has 1 amide bonds. The van der Waals surface area contributed by atoms with Crippen molar-refractivity contribution in [2.24, 2.45) is 0 Å². The SMILES string of the molecule is Cl.O=C(Nc1ncc(Cc2ccccc2F)s1)C1COCCN1. The molecule has 0 aliphatic carbocycles. The highest BCUT2D eigenvalue weighted by molar-refractivity contribution is 7.15. The minimum absolute atomic E-state index is 0. The van der Waals surface area contributed by atoms with E-state index in [1.807, 2.05) is 0 Å². The quantitative estimate of drug-likeness (QED) is 0.880. The molecule has 1 aliphatic heterocycles. The predicted molar refractivity (Wildman–Crippen MR) is 89.8 cm³/mol. The lowest BCUT2D eigenvalue weighted by atomic mass is 10.1. The van der Waals surface area contributed by atoms with E-state index in [9.17, 15) is 9.18 Å². The normalized spacial score (nSPS) is 17.3. The molecular weight excluding hydrogens is 341 g/mol. The van der Waals surface area contributed by atoms with Gasteiger partial charge in [-0.25, -0.2) is 9.37 Å². The van der Waals surface area contributed by atoms with Crippen LogP contribution in [0.15, 0.2) is 30.5 Å². The summed E-state index contributed by atoms with van der Waals surface area (Å²) in [5.41, 5.74) is 0.617. The number of nitrogens with one attached hydrogen (secondary N) is 2. The number of nitrogens with zero attached hydrogens (tertiary/aromatic N) is 1. The number of amides is 1. The van der Waals surface area contributed by atoms with Crippen molar-refractivity contribution in [2.45, 2.75) is 12.5 Å². The maximum atomic E-state index is 13.6. The molecular formula is C15H17ClFN3O2S. The summed E-state index contributed by atoms with van der Waals surface area (Å²) in [5.74, 6) is -0.392. The van der Waals surface area contributed by atoms with Crippen LogP contribution in [0.5, 0.6) is 0 Å². The number of aromatic nitrogens is 1. The molecule has 2 aromatic rings. The zero-order chi connectivity index (χ0) is 15.4. The first-order chi connectivity index (χ1) is 10.7. The van der Waals surface area contributed by atoms with Crippen LogP contribution in [-0.4, -0.2) is 36.7 Å². The molecule has 3 rings (SSSR count). The van der Waals surface area contributed by atoms with Gasteiger partial charge in [0.15, 0.2) is 5.13 Å². The van der Waals surface area contributed by atoms with E-state index >= 15 is 0 Å². The van der Waals surface area contributed by atoms with Gasteiger partial charge in [-0.2, -0.15) is 0 Å². The van der Waals surface area contributed by atoms with Crippen LogP contribution in [-0.2, 0) is 16.0 Å². The largest absolute Gasteiger partial charge is 0.378 e. The molecule has 2 heterocycles. The van der Waals surface area contributed by atoms with Gasteiger partial charge in [0, 0.05) is 24.0 Å². The number of hydrogen-bond acceptors (Lipinski definition) is 5. The highest BCUT2D eigenvalue weighted by atomic mass is 35.5. The molecule has 0 saturated carbocycles. The van der Waals surface area contributed by atoms with Crippen LogP contribution in [0.4, 0.5) is 9.52 Å². The van der Waals surface area contributed by atoms with Crippen molar-refractivity contribution in [1.29, 1.82) is 0 Å². The summed E-state index contributed by atoms with van der Waals surface area (Å²) < 4.78 is 18.9. The minimum Gasteiger partial charge on any atom is -0.378 e. The molecule has 0 radical (unpaired) electrons. The molecule has 0 spiro atoms. The number of benzene rings is 1. The molecule has 124 valence electrons. The van der Waals surface area contributed by atoms with E-state index in [1.54, 1.807) is 24.4 Å². The Morgan fingerprint density at radius 2 is 2.30 bits per heavy atom. The van der Waals surface area contributed by atoms with Crippen molar-refractivity contribution >= 4 is 34.8 Å². The van der Waals surface area contributed by atoms with E-state index in [-0.39, 0.29) is 30.2 Å². The van der Waals surface area contributed by atoms with Crippen molar-refractivity contribution in [3.63, 3.8) is 0 Å². The Kier molecular flexibility index (Phi) is 6.47. The maximum Gasteiger partial charge on any atom is 0.245 e. The summed E-state index contributed by atoms with van der Waals surface area (Å²) in [7, 11) is 0. The summed E-state index contributed by atoms with van der Waals surface area (Å²) in [5, 5.41) is 6.37. The first-order valence-electron chi connectivity index (χ1n) is 7.02. The van der Waals surface area contributed by atoms with Crippen molar-refractivity contribution in [3.8, 4) is 0 Å².